The molecule has 168 valence electrons. The molecule has 0 aromatic heterocycles. The van der Waals surface area contributed by atoms with E-state index in [-0.39, 0.29) is 5.91 Å². The van der Waals surface area contributed by atoms with Gasteiger partial charge in [0.05, 0.1) is 20.6 Å². The number of ether oxygens (including phenoxy) is 1. The van der Waals surface area contributed by atoms with E-state index in [1.165, 1.54) is 17.3 Å². The monoisotopic (exact) mass is 560 g/mol. The maximum absolute atomic E-state index is 12.4. The first-order chi connectivity index (χ1) is 15.9. The molecule has 1 aliphatic rings. The van der Waals surface area contributed by atoms with Gasteiger partial charge in [0.1, 0.15) is 6.61 Å². The predicted octanol–water partition coefficient (Wildman–Crippen LogP) is 7.79. The molecule has 1 saturated heterocycles. The summed E-state index contributed by atoms with van der Waals surface area (Å²) < 4.78 is 6.83. The molecule has 1 N–H and O–H groups in total. The second-order valence-corrected chi connectivity index (χ2v) is 9.99. The second-order valence-electron chi connectivity index (χ2n) is 7.23. The van der Waals surface area contributed by atoms with Crippen molar-refractivity contribution < 1.29 is 9.53 Å². The third-order valence-corrected chi connectivity index (χ3v) is 6.84. The van der Waals surface area contributed by atoms with Crippen LogP contribution in [0.4, 0.5) is 5.69 Å². The van der Waals surface area contributed by atoms with E-state index in [1.807, 2.05) is 48.5 Å². The Labute approximate surface area is 215 Å². The van der Waals surface area contributed by atoms with E-state index in [0.29, 0.717) is 38.0 Å². The van der Waals surface area contributed by atoms with Gasteiger partial charge in [-0.3, -0.25) is 4.79 Å². The summed E-state index contributed by atoms with van der Waals surface area (Å²) in [5.74, 6) is 0.191. The molecule has 0 unspecified atom stereocenters. The second kappa shape index (κ2) is 10.8. The van der Waals surface area contributed by atoms with Crippen LogP contribution < -0.4 is 10.1 Å². The summed E-state index contributed by atoms with van der Waals surface area (Å²) in [6.45, 7) is 2.44. The lowest BCUT2D eigenvalue weighted by Crippen LogP contribution is -2.19. The molecule has 4 nitrogen and oxygen atoms in total. The van der Waals surface area contributed by atoms with Gasteiger partial charge < -0.3 is 10.1 Å². The molecule has 0 atom stereocenters. The lowest BCUT2D eigenvalue weighted by molar-refractivity contribution is -0.115. The molecule has 1 heterocycles. The van der Waals surface area contributed by atoms with Gasteiger partial charge in [0.25, 0.3) is 5.91 Å². The Hall–Kier alpha value is -2.25. The standard InChI is InChI=1S/C25H19BrCl2N2O2S/c1-2-15-5-9-19(10-6-15)29-25-30-24(31)22(33-25)13-17-11-20(27)23(21(28)12-17)32-14-16-3-7-18(26)8-4-16/h3-13H,2,14H2,1H3,(H,29,30,31)/b22-13-. The number of carbonyl (C=O) groups is 1. The summed E-state index contributed by atoms with van der Waals surface area (Å²) >= 11 is 17.5. The van der Waals surface area contributed by atoms with E-state index in [9.17, 15) is 4.79 Å². The van der Waals surface area contributed by atoms with Gasteiger partial charge in [0, 0.05) is 4.47 Å². The number of amides is 1. The summed E-state index contributed by atoms with van der Waals surface area (Å²) in [5.41, 5.74) is 3.72. The third-order valence-electron chi connectivity index (χ3n) is 4.84. The van der Waals surface area contributed by atoms with Crippen molar-refractivity contribution in [3.63, 3.8) is 0 Å². The zero-order chi connectivity index (χ0) is 23.4. The molecule has 0 aliphatic carbocycles. The maximum atomic E-state index is 12.4. The van der Waals surface area contributed by atoms with Gasteiger partial charge >= 0.3 is 0 Å². The molecule has 8 heteroatoms. The van der Waals surface area contributed by atoms with Crippen LogP contribution in [0.25, 0.3) is 6.08 Å². The van der Waals surface area contributed by atoms with Crippen LogP contribution in [-0.2, 0) is 17.8 Å². The Kier molecular flexibility index (Phi) is 7.81. The van der Waals surface area contributed by atoms with E-state index in [1.54, 1.807) is 18.2 Å². The number of nitrogens with zero attached hydrogens (tertiary/aromatic N) is 1. The van der Waals surface area contributed by atoms with Gasteiger partial charge in [0.15, 0.2) is 10.9 Å². The van der Waals surface area contributed by atoms with Crippen LogP contribution in [0.1, 0.15) is 23.6 Å². The predicted molar refractivity (Wildman–Crippen MR) is 142 cm³/mol. The fraction of sp³-hybridized carbons (Fsp3) is 0.120. The summed E-state index contributed by atoms with van der Waals surface area (Å²) in [7, 11) is 0. The molecule has 0 radical (unpaired) electrons. The number of carbonyl (C=O) groups excluding carboxylic acids is 1. The minimum Gasteiger partial charge on any atom is -0.486 e. The lowest BCUT2D eigenvalue weighted by atomic mass is 10.2. The molecule has 1 fully saturated rings. The number of rotatable bonds is 6. The zero-order valence-electron chi connectivity index (χ0n) is 17.6. The number of nitrogens with one attached hydrogen (secondary N) is 1. The van der Waals surface area contributed by atoms with Crippen LogP contribution in [-0.4, -0.2) is 11.1 Å². The number of halogens is 3. The number of thioether (sulfide) groups is 1. The quantitative estimate of drug-likeness (QED) is 0.312. The summed E-state index contributed by atoms with van der Waals surface area (Å²) in [5, 5.41) is 4.08. The largest absolute Gasteiger partial charge is 0.486 e. The van der Waals surface area contributed by atoms with E-state index in [2.05, 4.69) is 33.2 Å². The minimum atomic E-state index is -0.216. The number of aryl methyl sites for hydroxylation is 1. The van der Waals surface area contributed by atoms with E-state index in [4.69, 9.17) is 27.9 Å². The summed E-state index contributed by atoms with van der Waals surface area (Å²) in [6, 6.07) is 19.2. The maximum Gasteiger partial charge on any atom is 0.264 e. The van der Waals surface area contributed by atoms with Gasteiger partial charge in [-0.25, -0.2) is 4.99 Å². The fourth-order valence-corrected chi connectivity index (χ4v) is 4.81. The van der Waals surface area contributed by atoms with Gasteiger partial charge in [-0.1, -0.05) is 70.3 Å². The third kappa shape index (κ3) is 6.21. The number of hydrogen-bond donors (Lipinski definition) is 1. The van der Waals surface area contributed by atoms with Gasteiger partial charge in [-0.05, 0) is 77.3 Å². The molecule has 33 heavy (non-hydrogen) atoms. The van der Waals surface area contributed by atoms with Crippen LogP contribution in [0.15, 0.2) is 75.0 Å². The van der Waals surface area contributed by atoms with Crippen LogP contribution in [0.3, 0.4) is 0 Å². The Balaban J connectivity index is 1.48. The summed E-state index contributed by atoms with van der Waals surface area (Å²) in [4.78, 5) is 17.4. The van der Waals surface area contributed by atoms with E-state index in [0.717, 1.165) is 22.1 Å². The van der Waals surface area contributed by atoms with Crippen molar-refractivity contribution in [1.82, 2.24) is 5.32 Å². The van der Waals surface area contributed by atoms with Crippen LogP contribution in [0, 0.1) is 0 Å². The van der Waals surface area contributed by atoms with Crippen LogP contribution >= 0.6 is 50.9 Å². The highest BCUT2D eigenvalue weighted by atomic mass is 79.9. The van der Waals surface area contributed by atoms with Gasteiger partial charge in [0.2, 0.25) is 0 Å². The van der Waals surface area contributed by atoms with Crippen molar-refractivity contribution >= 4 is 73.7 Å². The van der Waals surface area contributed by atoms with Crippen molar-refractivity contribution in [3.8, 4) is 5.75 Å². The Morgan fingerprint density at radius 2 is 1.67 bits per heavy atom. The van der Waals surface area contributed by atoms with E-state index < -0.39 is 0 Å². The average Bonchev–Trinajstić information content (AvgIpc) is 3.13. The van der Waals surface area contributed by atoms with Crippen molar-refractivity contribution in [2.45, 2.75) is 20.0 Å². The SMILES string of the molecule is CCc1ccc(N=C2NC(=O)/C(=C/c3cc(Cl)c(OCc4ccc(Br)cc4)c(Cl)c3)S2)cc1. The fourth-order valence-electron chi connectivity index (χ4n) is 3.09. The van der Waals surface area contributed by atoms with Crippen molar-refractivity contribution in [2.24, 2.45) is 4.99 Å². The molecule has 3 aromatic rings. The highest BCUT2D eigenvalue weighted by Crippen LogP contribution is 2.37. The molecular weight excluding hydrogens is 543 g/mol. The Bertz CT molecular complexity index is 1220. The molecule has 0 bridgehead atoms. The smallest absolute Gasteiger partial charge is 0.264 e. The minimum absolute atomic E-state index is 0.216. The van der Waals surface area contributed by atoms with Crippen LogP contribution in [0.2, 0.25) is 10.0 Å². The highest BCUT2D eigenvalue weighted by Gasteiger charge is 2.24. The lowest BCUT2D eigenvalue weighted by Gasteiger charge is -2.11. The number of hydrogen-bond acceptors (Lipinski definition) is 4. The van der Waals surface area contributed by atoms with Crippen molar-refractivity contribution in [3.05, 3.63) is 96.8 Å². The molecular formula is C25H19BrCl2N2O2S. The number of amidine groups is 1. The van der Waals surface area contributed by atoms with Crippen molar-refractivity contribution in [2.75, 3.05) is 0 Å². The van der Waals surface area contributed by atoms with E-state index >= 15 is 0 Å². The number of benzene rings is 3. The Morgan fingerprint density at radius 3 is 2.30 bits per heavy atom. The molecule has 4 rings (SSSR count). The first kappa shape index (κ1) is 23.9. The topological polar surface area (TPSA) is 50.7 Å². The first-order valence-electron chi connectivity index (χ1n) is 10.2. The first-order valence-corrected chi connectivity index (χ1v) is 12.5. The molecule has 1 amide bonds. The molecule has 0 spiro atoms. The normalized spacial score (nSPS) is 15.8. The van der Waals surface area contributed by atoms with Crippen molar-refractivity contribution in [1.29, 1.82) is 0 Å². The zero-order valence-corrected chi connectivity index (χ0v) is 21.5. The molecule has 3 aromatic carbocycles. The van der Waals surface area contributed by atoms with Crippen LogP contribution in [0.5, 0.6) is 5.75 Å². The van der Waals surface area contributed by atoms with Gasteiger partial charge in [-0.15, -0.1) is 0 Å². The summed E-state index contributed by atoms with van der Waals surface area (Å²) in [6.07, 6.45) is 2.70. The Morgan fingerprint density at radius 1 is 1.03 bits per heavy atom. The average molecular weight is 562 g/mol. The number of aliphatic imine (C=N–C) groups is 1. The molecule has 1 aliphatic heterocycles. The van der Waals surface area contributed by atoms with Gasteiger partial charge in [-0.2, -0.15) is 0 Å². The molecule has 0 saturated carbocycles. The highest BCUT2D eigenvalue weighted by molar-refractivity contribution is 9.10.